The van der Waals surface area contributed by atoms with Crippen LogP contribution < -0.4 is 4.72 Å². The molecule has 29 heavy (non-hydrogen) atoms. The van der Waals surface area contributed by atoms with Gasteiger partial charge in [-0.1, -0.05) is 66.7 Å². The van der Waals surface area contributed by atoms with E-state index in [4.69, 9.17) is 9.97 Å². The molecule has 4 nitrogen and oxygen atoms in total. The fourth-order valence-electron chi connectivity index (χ4n) is 3.27. The molecule has 0 fully saturated rings. The Bertz CT molecular complexity index is 1240. The van der Waals surface area contributed by atoms with Gasteiger partial charge in [-0.05, 0) is 42.3 Å². The van der Waals surface area contributed by atoms with Crippen LogP contribution in [0.3, 0.4) is 0 Å². The number of hydrogen-bond donors (Lipinski definition) is 1. The lowest BCUT2D eigenvalue weighted by atomic mass is 10.1. The molecule has 5 rings (SSSR count). The maximum Gasteiger partial charge on any atom is 0.235 e. The molecule has 3 aromatic carbocycles. The van der Waals surface area contributed by atoms with Crippen molar-refractivity contribution in [3.05, 3.63) is 103 Å². The molecule has 0 aliphatic heterocycles. The van der Waals surface area contributed by atoms with Crippen molar-refractivity contribution in [3.8, 4) is 16.9 Å². The molecular weight excluding hydrogens is 376 g/mol. The Labute approximate surface area is 173 Å². The van der Waals surface area contributed by atoms with E-state index >= 15 is 0 Å². The zero-order valence-corrected chi connectivity index (χ0v) is 16.4. The van der Waals surface area contributed by atoms with Crippen molar-refractivity contribution < 1.29 is 0 Å². The first-order valence-corrected chi connectivity index (χ1v) is 10.2. The second-order valence-electron chi connectivity index (χ2n) is 6.54. The van der Waals surface area contributed by atoms with Gasteiger partial charge in [0.15, 0.2) is 5.65 Å². The largest absolute Gasteiger partial charge is 0.301 e. The average Bonchev–Trinajstić information content (AvgIpc) is 3.23. The van der Waals surface area contributed by atoms with Crippen LogP contribution in [0.1, 0.15) is 0 Å². The van der Waals surface area contributed by atoms with E-state index in [-0.39, 0.29) is 0 Å². The van der Waals surface area contributed by atoms with Crippen molar-refractivity contribution in [2.24, 2.45) is 0 Å². The van der Waals surface area contributed by atoms with Gasteiger partial charge in [-0.15, -0.1) is 0 Å². The predicted octanol–water partition coefficient (Wildman–Crippen LogP) is 6.21. The van der Waals surface area contributed by atoms with Gasteiger partial charge in [0.2, 0.25) is 5.95 Å². The maximum absolute atomic E-state index is 4.84. The molecule has 5 aromatic rings. The van der Waals surface area contributed by atoms with Gasteiger partial charge in [0, 0.05) is 27.7 Å². The van der Waals surface area contributed by atoms with E-state index in [1.165, 1.54) is 11.9 Å². The second kappa shape index (κ2) is 7.81. The van der Waals surface area contributed by atoms with Crippen molar-refractivity contribution >= 4 is 28.9 Å². The van der Waals surface area contributed by atoms with E-state index in [1.54, 1.807) is 0 Å². The lowest BCUT2D eigenvalue weighted by Crippen LogP contribution is -2.00. The molecule has 0 amide bonds. The summed E-state index contributed by atoms with van der Waals surface area (Å²) in [7, 11) is 0. The topological polar surface area (TPSA) is 42.7 Å². The van der Waals surface area contributed by atoms with E-state index in [9.17, 15) is 0 Å². The summed E-state index contributed by atoms with van der Waals surface area (Å²) in [6.07, 6.45) is 2.05. The zero-order valence-electron chi connectivity index (χ0n) is 15.6. The fourth-order valence-corrected chi connectivity index (χ4v) is 3.86. The lowest BCUT2D eigenvalue weighted by molar-refractivity contribution is 1.08. The molecule has 0 unspecified atom stereocenters. The van der Waals surface area contributed by atoms with Gasteiger partial charge in [0.05, 0.1) is 5.69 Å². The number of rotatable bonds is 5. The van der Waals surface area contributed by atoms with E-state index in [1.807, 2.05) is 54.6 Å². The van der Waals surface area contributed by atoms with Crippen molar-refractivity contribution in [1.29, 1.82) is 0 Å². The summed E-state index contributed by atoms with van der Waals surface area (Å²) >= 11 is 1.51. The highest BCUT2D eigenvalue weighted by Crippen LogP contribution is 2.30. The first-order valence-electron chi connectivity index (χ1n) is 9.36. The SMILES string of the molecule is c1ccc(SNc2nc(-c3ccccc3)c3ccn(-c4ccccc4)c3n2)cc1. The molecule has 0 aliphatic rings. The van der Waals surface area contributed by atoms with Gasteiger partial charge < -0.3 is 4.57 Å². The molecular formula is C24H18N4S. The van der Waals surface area contributed by atoms with Crippen molar-refractivity contribution in [3.63, 3.8) is 0 Å². The molecule has 0 saturated carbocycles. The third kappa shape index (κ3) is 3.60. The number of nitrogens with one attached hydrogen (secondary N) is 1. The quantitative estimate of drug-likeness (QED) is 0.360. The van der Waals surface area contributed by atoms with Crippen LogP contribution in [0.5, 0.6) is 0 Å². The Morgan fingerprint density at radius 3 is 2.07 bits per heavy atom. The standard InChI is InChI=1S/C24H18N4S/c1-4-10-18(11-5-1)22-21-16-17-28(19-12-6-2-7-13-19)23(21)26-24(25-22)27-29-20-14-8-3-9-15-20/h1-17H,(H,25,26,27). The Kier molecular flexibility index (Phi) is 4.72. The van der Waals surface area contributed by atoms with E-state index in [0.29, 0.717) is 5.95 Å². The second-order valence-corrected chi connectivity index (χ2v) is 7.42. The minimum absolute atomic E-state index is 0.584. The van der Waals surface area contributed by atoms with Crippen molar-refractivity contribution in [2.75, 3.05) is 4.72 Å². The molecule has 2 heterocycles. The predicted molar refractivity (Wildman–Crippen MR) is 120 cm³/mol. The van der Waals surface area contributed by atoms with Gasteiger partial charge in [-0.3, -0.25) is 4.72 Å². The van der Waals surface area contributed by atoms with Gasteiger partial charge in [0.1, 0.15) is 0 Å². The van der Waals surface area contributed by atoms with Crippen LogP contribution in [-0.2, 0) is 0 Å². The first kappa shape index (κ1) is 17.5. The Morgan fingerprint density at radius 1 is 0.690 bits per heavy atom. The van der Waals surface area contributed by atoms with E-state index in [0.717, 1.165) is 32.9 Å². The van der Waals surface area contributed by atoms with E-state index in [2.05, 4.69) is 58.0 Å². The van der Waals surface area contributed by atoms with Gasteiger partial charge in [-0.25, -0.2) is 4.98 Å². The third-order valence-corrected chi connectivity index (χ3v) is 5.42. The maximum atomic E-state index is 4.84. The number of benzene rings is 3. The summed E-state index contributed by atoms with van der Waals surface area (Å²) in [4.78, 5) is 10.8. The minimum Gasteiger partial charge on any atom is -0.301 e. The molecule has 5 heteroatoms. The van der Waals surface area contributed by atoms with Crippen molar-refractivity contribution in [2.45, 2.75) is 4.90 Å². The average molecular weight is 395 g/mol. The Hall–Kier alpha value is -3.57. The zero-order chi connectivity index (χ0) is 19.5. The summed E-state index contributed by atoms with van der Waals surface area (Å²) in [5.41, 5.74) is 3.93. The number of fused-ring (bicyclic) bond motifs is 1. The number of aromatic nitrogens is 3. The first-order chi connectivity index (χ1) is 14.4. The summed E-state index contributed by atoms with van der Waals surface area (Å²) in [6, 6.07) is 32.7. The van der Waals surface area contributed by atoms with Crippen molar-refractivity contribution in [1.82, 2.24) is 14.5 Å². The van der Waals surface area contributed by atoms with Crippen LogP contribution in [0, 0.1) is 0 Å². The highest BCUT2D eigenvalue weighted by molar-refractivity contribution is 8.00. The summed E-state index contributed by atoms with van der Waals surface area (Å²) in [5, 5.41) is 1.02. The van der Waals surface area contributed by atoms with Gasteiger partial charge in [0.25, 0.3) is 0 Å². The van der Waals surface area contributed by atoms with Crippen LogP contribution in [0.2, 0.25) is 0 Å². The molecule has 0 aliphatic carbocycles. The molecule has 0 atom stereocenters. The highest BCUT2D eigenvalue weighted by atomic mass is 32.2. The van der Waals surface area contributed by atoms with Crippen LogP contribution in [0.15, 0.2) is 108 Å². The number of para-hydroxylation sites is 1. The number of hydrogen-bond acceptors (Lipinski definition) is 4. The number of anilines is 1. The smallest absolute Gasteiger partial charge is 0.235 e. The van der Waals surface area contributed by atoms with Gasteiger partial charge in [-0.2, -0.15) is 4.98 Å². The lowest BCUT2D eigenvalue weighted by Gasteiger charge is -2.10. The minimum atomic E-state index is 0.584. The van der Waals surface area contributed by atoms with Crippen LogP contribution >= 0.6 is 11.9 Å². The Morgan fingerprint density at radius 2 is 1.34 bits per heavy atom. The summed E-state index contributed by atoms with van der Waals surface area (Å²) in [5.74, 6) is 0.584. The molecule has 0 radical (unpaired) electrons. The monoisotopic (exact) mass is 394 g/mol. The summed E-state index contributed by atoms with van der Waals surface area (Å²) < 4.78 is 5.41. The highest BCUT2D eigenvalue weighted by Gasteiger charge is 2.14. The number of nitrogens with zero attached hydrogens (tertiary/aromatic N) is 3. The molecule has 140 valence electrons. The Balaban J connectivity index is 1.63. The van der Waals surface area contributed by atoms with Gasteiger partial charge >= 0.3 is 0 Å². The molecule has 0 bridgehead atoms. The normalized spacial score (nSPS) is 10.9. The van der Waals surface area contributed by atoms with Crippen LogP contribution in [0.25, 0.3) is 28.0 Å². The summed E-state index contributed by atoms with van der Waals surface area (Å²) in [6.45, 7) is 0. The third-order valence-electron chi connectivity index (χ3n) is 4.63. The molecule has 1 N–H and O–H groups in total. The fraction of sp³-hybridized carbons (Fsp3) is 0. The molecule has 0 saturated heterocycles. The van der Waals surface area contributed by atoms with Crippen LogP contribution in [-0.4, -0.2) is 14.5 Å². The van der Waals surface area contributed by atoms with Crippen LogP contribution in [0.4, 0.5) is 5.95 Å². The molecule has 2 aromatic heterocycles. The molecule has 0 spiro atoms. The van der Waals surface area contributed by atoms with E-state index < -0.39 is 0 Å².